The zero-order valence-electron chi connectivity index (χ0n) is 13.1. The second kappa shape index (κ2) is 6.49. The maximum absolute atomic E-state index is 9.28. The minimum Gasteiger partial charge on any atom is -0.324 e. The van der Waals surface area contributed by atoms with E-state index in [9.17, 15) is 5.26 Å². The van der Waals surface area contributed by atoms with E-state index in [2.05, 4.69) is 36.4 Å². The maximum atomic E-state index is 9.28. The van der Waals surface area contributed by atoms with Gasteiger partial charge >= 0.3 is 0 Å². The highest BCUT2D eigenvalue weighted by atomic mass is 35.5. The van der Waals surface area contributed by atoms with Crippen molar-refractivity contribution >= 4 is 22.6 Å². The number of fused-ring (bicyclic) bond motifs is 1. The van der Waals surface area contributed by atoms with Crippen LogP contribution in [-0.2, 0) is 0 Å². The Morgan fingerprint density at radius 1 is 1.29 bits per heavy atom. The van der Waals surface area contributed by atoms with Crippen LogP contribution in [0, 0.1) is 17.2 Å². The van der Waals surface area contributed by atoms with Gasteiger partial charge in [-0.15, -0.1) is 11.6 Å². The Kier molecular flexibility index (Phi) is 4.90. The van der Waals surface area contributed by atoms with E-state index >= 15 is 0 Å². The minimum atomic E-state index is -0.180. The van der Waals surface area contributed by atoms with Crippen LogP contribution in [0.2, 0.25) is 0 Å². The lowest BCUT2D eigenvalue weighted by atomic mass is 9.95. The molecule has 2 aromatic rings. The molecule has 0 N–H and O–H groups in total. The normalized spacial score (nSPS) is 14.3. The van der Waals surface area contributed by atoms with Gasteiger partial charge in [0.05, 0.1) is 16.5 Å². The molecule has 0 aliphatic rings. The number of imidazole rings is 1. The van der Waals surface area contributed by atoms with Gasteiger partial charge in [0.2, 0.25) is 0 Å². The first kappa shape index (κ1) is 15.9. The van der Waals surface area contributed by atoms with Crippen LogP contribution >= 0.6 is 11.6 Å². The second-order valence-electron chi connectivity index (χ2n) is 5.56. The zero-order valence-corrected chi connectivity index (χ0v) is 13.9. The molecule has 0 radical (unpaired) electrons. The highest BCUT2D eigenvalue weighted by Crippen LogP contribution is 2.34. The van der Waals surface area contributed by atoms with Crippen molar-refractivity contribution in [1.82, 2.24) is 9.55 Å². The first-order valence-electron chi connectivity index (χ1n) is 7.60. The van der Waals surface area contributed by atoms with E-state index in [0.717, 1.165) is 29.7 Å². The van der Waals surface area contributed by atoms with Gasteiger partial charge in [-0.1, -0.05) is 32.8 Å². The fourth-order valence-electron chi connectivity index (χ4n) is 3.12. The number of halogens is 1. The Morgan fingerprint density at radius 3 is 2.48 bits per heavy atom. The summed E-state index contributed by atoms with van der Waals surface area (Å²) in [5.41, 5.74) is 2.39. The van der Waals surface area contributed by atoms with Gasteiger partial charge in [0.1, 0.15) is 17.4 Å². The van der Waals surface area contributed by atoms with Gasteiger partial charge in [-0.05, 0) is 31.9 Å². The number of rotatable bonds is 5. The van der Waals surface area contributed by atoms with Crippen molar-refractivity contribution < 1.29 is 0 Å². The third-order valence-electron chi connectivity index (χ3n) is 4.36. The van der Waals surface area contributed by atoms with Crippen molar-refractivity contribution in [1.29, 1.82) is 5.26 Å². The highest BCUT2D eigenvalue weighted by molar-refractivity contribution is 6.20. The van der Waals surface area contributed by atoms with Gasteiger partial charge < -0.3 is 4.57 Å². The van der Waals surface area contributed by atoms with E-state index in [1.54, 1.807) is 0 Å². The molecule has 4 heteroatoms. The number of nitrogens with zero attached hydrogens (tertiary/aromatic N) is 3. The number of alkyl halides is 1. The monoisotopic (exact) mass is 303 g/mol. The van der Waals surface area contributed by atoms with Crippen LogP contribution in [0.4, 0.5) is 0 Å². The lowest BCUT2D eigenvalue weighted by Gasteiger charge is -2.26. The fraction of sp³-hybridized carbons (Fsp3) is 0.529. The van der Waals surface area contributed by atoms with Crippen LogP contribution in [-0.4, -0.2) is 9.55 Å². The molecule has 0 spiro atoms. The van der Waals surface area contributed by atoms with Gasteiger partial charge in [0.25, 0.3) is 0 Å². The molecule has 2 atom stereocenters. The van der Waals surface area contributed by atoms with Crippen LogP contribution in [0.5, 0.6) is 0 Å². The smallest absolute Gasteiger partial charge is 0.128 e. The maximum Gasteiger partial charge on any atom is 0.128 e. The molecule has 2 unspecified atom stereocenters. The summed E-state index contributed by atoms with van der Waals surface area (Å²) in [5, 5.41) is 9.10. The van der Waals surface area contributed by atoms with Crippen LogP contribution in [0.25, 0.3) is 11.0 Å². The largest absolute Gasteiger partial charge is 0.324 e. The summed E-state index contributed by atoms with van der Waals surface area (Å²) in [6.45, 7) is 8.59. The molecule has 0 aliphatic heterocycles. The summed E-state index contributed by atoms with van der Waals surface area (Å²) in [4.78, 5) is 4.66. The molecule has 21 heavy (non-hydrogen) atoms. The standard InChI is InChI=1S/C17H22ClN3/c1-5-13(6-2)12(4)21-15-9-7-8-14(10-19)16(15)20-17(21)11(3)18/h7-9,11-13H,5-6H2,1-4H3. The number of benzene rings is 1. The van der Waals surface area contributed by atoms with E-state index in [4.69, 9.17) is 11.6 Å². The predicted octanol–water partition coefficient (Wildman–Crippen LogP) is 5.20. The summed E-state index contributed by atoms with van der Waals surface area (Å²) >= 11 is 6.34. The summed E-state index contributed by atoms with van der Waals surface area (Å²) < 4.78 is 2.23. The van der Waals surface area contributed by atoms with Crippen molar-refractivity contribution in [3.63, 3.8) is 0 Å². The Hall–Kier alpha value is -1.53. The first-order valence-corrected chi connectivity index (χ1v) is 8.03. The Labute approximate surface area is 131 Å². The molecule has 0 saturated carbocycles. The minimum absolute atomic E-state index is 0.180. The lowest BCUT2D eigenvalue weighted by Crippen LogP contribution is -2.18. The third kappa shape index (κ3) is 2.78. The molecule has 112 valence electrons. The topological polar surface area (TPSA) is 41.6 Å². The number of aromatic nitrogens is 2. The average molecular weight is 304 g/mol. The number of hydrogen-bond acceptors (Lipinski definition) is 2. The fourth-order valence-corrected chi connectivity index (χ4v) is 3.27. The molecule has 0 amide bonds. The van der Waals surface area contributed by atoms with E-state index < -0.39 is 0 Å². The number of para-hydroxylation sites is 1. The van der Waals surface area contributed by atoms with Crippen molar-refractivity contribution in [2.75, 3.05) is 0 Å². The van der Waals surface area contributed by atoms with E-state index in [1.165, 1.54) is 0 Å². The third-order valence-corrected chi connectivity index (χ3v) is 4.56. The van der Waals surface area contributed by atoms with Crippen molar-refractivity contribution in [2.24, 2.45) is 5.92 Å². The Bertz CT molecular complexity index is 662. The van der Waals surface area contributed by atoms with Gasteiger partial charge in [0.15, 0.2) is 0 Å². The van der Waals surface area contributed by atoms with Gasteiger partial charge in [-0.3, -0.25) is 0 Å². The molecule has 1 aromatic carbocycles. The predicted molar refractivity (Wildman–Crippen MR) is 87.5 cm³/mol. The van der Waals surface area contributed by atoms with Crippen LogP contribution in [0.15, 0.2) is 18.2 Å². The summed E-state index contributed by atoms with van der Waals surface area (Å²) in [5.74, 6) is 1.43. The van der Waals surface area contributed by atoms with Gasteiger partial charge in [-0.25, -0.2) is 4.98 Å². The highest BCUT2D eigenvalue weighted by Gasteiger charge is 2.24. The van der Waals surface area contributed by atoms with Crippen molar-refractivity contribution in [3.05, 3.63) is 29.6 Å². The van der Waals surface area contributed by atoms with Crippen molar-refractivity contribution in [2.45, 2.75) is 52.0 Å². The molecule has 0 bridgehead atoms. The van der Waals surface area contributed by atoms with Crippen LogP contribution in [0.3, 0.4) is 0 Å². The Morgan fingerprint density at radius 2 is 1.95 bits per heavy atom. The molecular weight excluding hydrogens is 282 g/mol. The number of nitriles is 1. The molecule has 3 nitrogen and oxygen atoms in total. The number of hydrogen-bond donors (Lipinski definition) is 0. The summed E-state index contributed by atoms with van der Waals surface area (Å²) in [6, 6.07) is 8.30. The summed E-state index contributed by atoms with van der Waals surface area (Å²) in [7, 11) is 0. The van der Waals surface area contributed by atoms with Crippen LogP contribution in [0.1, 0.15) is 63.3 Å². The molecule has 0 fully saturated rings. The zero-order chi connectivity index (χ0) is 15.6. The SMILES string of the molecule is CCC(CC)C(C)n1c(C(C)Cl)nc2c(C#N)cccc21. The molecule has 0 aliphatic carbocycles. The molecular formula is C17H22ClN3. The molecule has 2 rings (SSSR count). The molecule has 1 heterocycles. The van der Waals surface area contributed by atoms with Crippen LogP contribution < -0.4 is 0 Å². The van der Waals surface area contributed by atoms with Crippen molar-refractivity contribution in [3.8, 4) is 6.07 Å². The van der Waals surface area contributed by atoms with E-state index in [0.29, 0.717) is 17.5 Å². The van der Waals surface area contributed by atoms with Gasteiger partial charge in [0, 0.05) is 6.04 Å². The van der Waals surface area contributed by atoms with Gasteiger partial charge in [-0.2, -0.15) is 5.26 Å². The quantitative estimate of drug-likeness (QED) is 0.712. The average Bonchev–Trinajstić information content (AvgIpc) is 2.87. The lowest BCUT2D eigenvalue weighted by molar-refractivity contribution is 0.332. The first-order chi connectivity index (χ1) is 10.0. The molecule has 1 aromatic heterocycles. The summed E-state index contributed by atoms with van der Waals surface area (Å²) in [6.07, 6.45) is 2.23. The molecule has 0 saturated heterocycles. The second-order valence-corrected chi connectivity index (χ2v) is 6.21. The van der Waals surface area contributed by atoms with E-state index in [1.807, 2.05) is 25.1 Å². The Balaban J connectivity index is 2.71. The van der Waals surface area contributed by atoms with E-state index in [-0.39, 0.29) is 5.38 Å².